The van der Waals surface area contributed by atoms with E-state index in [1.165, 1.54) is 11.1 Å². The fourth-order valence-electron chi connectivity index (χ4n) is 7.44. The smallest absolute Gasteiger partial charge is 0.137 e. The zero-order chi connectivity index (χ0) is 34.4. The number of rotatable bonds is 7. The third-order valence-corrected chi connectivity index (χ3v) is 9.84. The lowest BCUT2D eigenvalue weighted by Gasteiger charge is -2.26. The van der Waals surface area contributed by atoms with E-state index in [1.807, 2.05) is 24.3 Å². The predicted octanol–water partition coefficient (Wildman–Crippen LogP) is 14.1. The number of hydrogen-bond acceptors (Lipinski definition) is 4. The molecule has 0 bridgehead atoms. The van der Waals surface area contributed by atoms with Crippen LogP contribution in [0, 0.1) is 0 Å². The summed E-state index contributed by atoms with van der Waals surface area (Å²) >= 11 is 0. The van der Waals surface area contributed by atoms with Crippen LogP contribution in [0.5, 0.6) is 0 Å². The molecule has 10 aromatic rings. The first kappa shape index (κ1) is 29.8. The number of nitrogens with zero attached hydrogens (tertiary/aromatic N) is 2. The van der Waals surface area contributed by atoms with Gasteiger partial charge in [0.1, 0.15) is 22.3 Å². The molecule has 0 atom stereocenters. The van der Waals surface area contributed by atoms with Crippen molar-refractivity contribution in [3.8, 4) is 11.1 Å². The molecule has 52 heavy (non-hydrogen) atoms. The standard InChI is InChI=1S/C48H32N2O2/c1-4-13-33(14-5-1)34-23-25-37(26-24-34)50(36-17-8-3-9-18-36)43-20-12-22-45-48(43)42-30-28-39(32-47(42)52-45)49(35-15-6-2-7-16-35)38-27-29-41-40-19-10-11-21-44(40)51-46(41)31-38/h1-32H. The van der Waals surface area contributed by atoms with Gasteiger partial charge in [-0.1, -0.05) is 103 Å². The quantitative estimate of drug-likeness (QED) is 0.169. The van der Waals surface area contributed by atoms with E-state index >= 15 is 0 Å². The molecular weight excluding hydrogens is 637 g/mol. The highest BCUT2D eigenvalue weighted by Crippen LogP contribution is 2.45. The lowest BCUT2D eigenvalue weighted by atomic mass is 10.0. The Morgan fingerprint density at radius 1 is 0.288 bits per heavy atom. The Kier molecular flexibility index (Phi) is 7.10. The molecule has 10 rings (SSSR count). The van der Waals surface area contributed by atoms with E-state index in [2.05, 4.69) is 180 Å². The van der Waals surface area contributed by atoms with Crippen molar-refractivity contribution >= 4 is 78.0 Å². The van der Waals surface area contributed by atoms with E-state index in [1.54, 1.807) is 0 Å². The molecular formula is C48H32N2O2. The van der Waals surface area contributed by atoms with Gasteiger partial charge >= 0.3 is 0 Å². The first-order valence-electron chi connectivity index (χ1n) is 17.5. The molecule has 0 spiro atoms. The SMILES string of the molecule is c1ccc(-c2ccc(N(c3ccccc3)c3cccc4oc5cc(N(c6ccccc6)c6ccc7c(c6)oc6ccccc67)ccc5c34)cc2)cc1. The first-order valence-corrected chi connectivity index (χ1v) is 17.5. The van der Waals surface area contributed by atoms with Crippen LogP contribution in [0.25, 0.3) is 55.0 Å². The zero-order valence-corrected chi connectivity index (χ0v) is 28.2. The molecule has 0 aliphatic rings. The second-order valence-electron chi connectivity index (χ2n) is 13.0. The largest absolute Gasteiger partial charge is 0.456 e. The summed E-state index contributed by atoms with van der Waals surface area (Å²) in [7, 11) is 0. The molecule has 0 fully saturated rings. The summed E-state index contributed by atoms with van der Waals surface area (Å²) in [5, 5.41) is 4.34. The van der Waals surface area contributed by atoms with Gasteiger partial charge in [-0.3, -0.25) is 0 Å². The Balaban J connectivity index is 1.11. The first-order chi connectivity index (χ1) is 25.8. The number of furan rings is 2. The van der Waals surface area contributed by atoms with Crippen LogP contribution in [0.2, 0.25) is 0 Å². The topological polar surface area (TPSA) is 32.8 Å². The average Bonchev–Trinajstić information content (AvgIpc) is 3.78. The molecule has 0 N–H and O–H groups in total. The van der Waals surface area contributed by atoms with E-state index < -0.39 is 0 Å². The predicted molar refractivity (Wildman–Crippen MR) is 216 cm³/mol. The maximum atomic E-state index is 6.69. The van der Waals surface area contributed by atoms with Crippen molar-refractivity contribution in [3.63, 3.8) is 0 Å². The van der Waals surface area contributed by atoms with Crippen molar-refractivity contribution in [1.29, 1.82) is 0 Å². The number of fused-ring (bicyclic) bond motifs is 6. The van der Waals surface area contributed by atoms with Gasteiger partial charge in [-0.05, 0) is 90.0 Å². The molecule has 246 valence electrons. The highest BCUT2D eigenvalue weighted by molar-refractivity contribution is 6.14. The molecule has 8 aromatic carbocycles. The van der Waals surface area contributed by atoms with E-state index in [0.717, 1.165) is 78.0 Å². The molecule has 0 saturated carbocycles. The summed E-state index contributed by atoms with van der Waals surface area (Å²) in [4.78, 5) is 4.57. The Bertz CT molecular complexity index is 2840. The van der Waals surface area contributed by atoms with Crippen molar-refractivity contribution in [2.24, 2.45) is 0 Å². The van der Waals surface area contributed by atoms with Crippen molar-refractivity contribution in [2.75, 3.05) is 9.80 Å². The lowest BCUT2D eigenvalue weighted by Crippen LogP contribution is -2.10. The van der Waals surface area contributed by atoms with Crippen LogP contribution in [-0.2, 0) is 0 Å². The molecule has 0 radical (unpaired) electrons. The van der Waals surface area contributed by atoms with Gasteiger partial charge in [-0.25, -0.2) is 0 Å². The van der Waals surface area contributed by atoms with Gasteiger partial charge in [0.15, 0.2) is 0 Å². The van der Waals surface area contributed by atoms with Crippen LogP contribution in [0.3, 0.4) is 0 Å². The summed E-state index contributed by atoms with van der Waals surface area (Å²) in [5.41, 5.74) is 12.0. The zero-order valence-electron chi connectivity index (χ0n) is 28.2. The summed E-state index contributed by atoms with van der Waals surface area (Å²) in [6.07, 6.45) is 0. The molecule has 0 saturated heterocycles. The highest BCUT2D eigenvalue weighted by Gasteiger charge is 2.21. The maximum Gasteiger partial charge on any atom is 0.137 e. The Hall–Kier alpha value is -7.04. The Morgan fingerprint density at radius 3 is 1.48 bits per heavy atom. The van der Waals surface area contributed by atoms with Gasteiger partial charge in [0.2, 0.25) is 0 Å². The molecule has 0 aliphatic heterocycles. The Morgan fingerprint density at radius 2 is 0.769 bits per heavy atom. The van der Waals surface area contributed by atoms with Crippen LogP contribution in [0.1, 0.15) is 0 Å². The number of hydrogen-bond donors (Lipinski definition) is 0. The summed E-state index contributed by atoms with van der Waals surface area (Å²) < 4.78 is 13.0. The molecule has 0 amide bonds. The molecule has 4 nitrogen and oxygen atoms in total. The average molecular weight is 669 g/mol. The second kappa shape index (κ2) is 12.4. The summed E-state index contributed by atoms with van der Waals surface area (Å²) in [6, 6.07) is 67.7. The maximum absolute atomic E-state index is 6.69. The second-order valence-corrected chi connectivity index (χ2v) is 13.0. The van der Waals surface area contributed by atoms with Crippen LogP contribution >= 0.6 is 0 Å². The molecule has 2 aromatic heterocycles. The van der Waals surface area contributed by atoms with E-state index in [4.69, 9.17) is 8.83 Å². The molecule has 4 heteroatoms. The minimum atomic E-state index is 0.818. The van der Waals surface area contributed by atoms with Gasteiger partial charge in [0.25, 0.3) is 0 Å². The van der Waals surface area contributed by atoms with Gasteiger partial charge in [0.05, 0.1) is 11.1 Å². The highest BCUT2D eigenvalue weighted by atomic mass is 16.3. The van der Waals surface area contributed by atoms with Gasteiger partial charge in [-0.2, -0.15) is 0 Å². The van der Waals surface area contributed by atoms with E-state index in [0.29, 0.717) is 0 Å². The summed E-state index contributed by atoms with van der Waals surface area (Å²) in [6.45, 7) is 0. The Labute approximate surface area is 301 Å². The van der Waals surface area contributed by atoms with Crippen molar-refractivity contribution < 1.29 is 8.83 Å². The van der Waals surface area contributed by atoms with Crippen LogP contribution < -0.4 is 9.80 Å². The third-order valence-electron chi connectivity index (χ3n) is 9.84. The van der Waals surface area contributed by atoms with E-state index in [-0.39, 0.29) is 0 Å². The van der Waals surface area contributed by atoms with Crippen molar-refractivity contribution in [2.45, 2.75) is 0 Å². The number of para-hydroxylation sites is 3. The monoisotopic (exact) mass is 668 g/mol. The van der Waals surface area contributed by atoms with Crippen LogP contribution in [0.4, 0.5) is 34.1 Å². The van der Waals surface area contributed by atoms with Crippen molar-refractivity contribution in [1.82, 2.24) is 0 Å². The fourth-order valence-corrected chi connectivity index (χ4v) is 7.44. The van der Waals surface area contributed by atoms with E-state index in [9.17, 15) is 0 Å². The lowest BCUT2D eigenvalue weighted by molar-refractivity contribution is 0.669. The molecule has 0 aliphatic carbocycles. The van der Waals surface area contributed by atoms with Gasteiger partial charge in [0, 0.05) is 56.7 Å². The van der Waals surface area contributed by atoms with Crippen molar-refractivity contribution in [3.05, 3.63) is 194 Å². The molecule has 2 heterocycles. The van der Waals surface area contributed by atoms with Crippen LogP contribution in [0.15, 0.2) is 203 Å². The summed E-state index contributed by atoms with van der Waals surface area (Å²) in [5.74, 6) is 0. The number of anilines is 6. The normalized spacial score (nSPS) is 11.5. The van der Waals surface area contributed by atoms with Gasteiger partial charge < -0.3 is 18.6 Å². The fraction of sp³-hybridized carbons (Fsp3) is 0. The minimum Gasteiger partial charge on any atom is -0.456 e. The minimum absolute atomic E-state index is 0.818. The molecule has 0 unspecified atom stereocenters. The third kappa shape index (κ3) is 5.09. The number of benzene rings is 8. The van der Waals surface area contributed by atoms with Crippen LogP contribution in [-0.4, -0.2) is 0 Å². The van der Waals surface area contributed by atoms with Gasteiger partial charge in [-0.15, -0.1) is 0 Å².